The van der Waals surface area contributed by atoms with Crippen LogP contribution < -0.4 is 15.5 Å². The lowest BCUT2D eigenvalue weighted by molar-refractivity contribution is -0.127. The molecule has 9 nitrogen and oxygen atoms in total. The number of amides is 3. The molecule has 11 heteroatoms. The molecule has 1 saturated carbocycles. The number of anilines is 2. The highest BCUT2D eigenvalue weighted by atomic mass is 32.2. The Morgan fingerprint density at radius 3 is 2.36 bits per heavy atom. The molecule has 1 aliphatic rings. The zero-order valence-electron chi connectivity index (χ0n) is 23.6. The molecule has 2 N–H and O–H groups in total. The molecule has 3 amide bonds. The van der Waals surface area contributed by atoms with E-state index in [0.717, 1.165) is 32.1 Å². The molecule has 1 aromatic heterocycles. The monoisotopic (exact) mass is 595 g/mol. The minimum atomic E-state index is -1.96. The first kappa shape index (κ1) is 30.8. The Morgan fingerprint density at radius 2 is 1.71 bits per heavy atom. The fourth-order valence-electron chi connectivity index (χ4n) is 4.95. The Labute approximate surface area is 246 Å². The van der Waals surface area contributed by atoms with Gasteiger partial charge in [0.25, 0.3) is 5.91 Å². The second-order valence-electron chi connectivity index (χ2n) is 10.3. The van der Waals surface area contributed by atoms with E-state index in [2.05, 4.69) is 10.6 Å². The van der Waals surface area contributed by atoms with E-state index < -0.39 is 51.9 Å². The molecule has 2 atom stereocenters. The van der Waals surface area contributed by atoms with Gasteiger partial charge in [0.1, 0.15) is 28.8 Å². The van der Waals surface area contributed by atoms with Crippen molar-refractivity contribution in [3.8, 4) is 0 Å². The normalized spacial score (nSPS) is 14.9. The van der Waals surface area contributed by atoms with Gasteiger partial charge in [-0.25, -0.2) is 4.39 Å². The van der Waals surface area contributed by atoms with Crippen molar-refractivity contribution in [2.24, 2.45) is 0 Å². The predicted molar refractivity (Wildman–Crippen MR) is 158 cm³/mol. The van der Waals surface area contributed by atoms with Gasteiger partial charge in [-0.05, 0) is 75.2 Å². The van der Waals surface area contributed by atoms with Crippen LogP contribution in [0.4, 0.5) is 15.8 Å². The zero-order chi connectivity index (χ0) is 30.2. The SMILES string of the molecule is CC(=O)c1cccc(N(C(=O)C[S@@](=O)CC(=O)Nc2ccc(F)cc2)[C@@H](C(=O)NC2CCCCC2)c2ccc(C)o2)c1. The van der Waals surface area contributed by atoms with Crippen molar-refractivity contribution in [2.75, 3.05) is 21.7 Å². The smallest absolute Gasteiger partial charge is 0.251 e. The second-order valence-corrected chi connectivity index (χ2v) is 11.8. The summed E-state index contributed by atoms with van der Waals surface area (Å²) >= 11 is 0. The Hall–Kier alpha value is -4.12. The van der Waals surface area contributed by atoms with Gasteiger partial charge in [-0.1, -0.05) is 31.4 Å². The summed E-state index contributed by atoms with van der Waals surface area (Å²) in [5, 5.41) is 5.59. The fourth-order valence-corrected chi connectivity index (χ4v) is 5.83. The number of benzene rings is 2. The largest absolute Gasteiger partial charge is 0.464 e. The molecule has 0 unspecified atom stereocenters. The Bertz CT molecular complexity index is 1470. The van der Waals surface area contributed by atoms with E-state index in [-0.39, 0.29) is 23.3 Å². The summed E-state index contributed by atoms with van der Waals surface area (Å²) in [5.74, 6) is -2.80. The molecular formula is C31H34FN3O6S. The predicted octanol–water partition coefficient (Wildman–Crippen LogP) is 4.84. The summed E-state index contributed by atoms with van der Waals surface area (Å²) < 4.78 is 32.1. The average Bonchev–Trinajstić information content (AvgIpc) is 3.38. The molecule has 42 heavy (non-hydrogen) atoms. The van der Waals surface area contributed by atoms with Gasteiger partial charge >= 0.3 is 0 Å². The molecule has 222 valence electrons. The minimum absolute atomic E-state index is 0.0606. The van der Waals surface area contributed by atoms with Crippen LogP contribution in [0, 0.1) is 12.7 Å². The first-order valence-corrected chi connectivity index (χ1v) is 15.3. The topological polar surface area (TPSA) is 126 Å². The second kappa shape index (κ2) is 14.2. The minimum Gasteiger partial charge on any atom is -0.464 e. The van der Waals surface area contributed by atoms with Crippen LogP contribution in [0.5, 0.6) is 0 Å². The van der Waals surface area contributed by atoms with Crippen molar-refractivity contribution in [1.29, 1.82) is 0 Å². The standard InChI is InChI=1S/C31H34FN3O6S/c1-20-11-16-27(41-20)30(31(39)34-24-8-4-3-5-9-24)35(26-10-6-7-22(17-26)21(2)36)29(38)19-42(40)18-28(37)33-25-14-12-23(32)13-15-25/h6-7,10-17,24,30H,3-5,8-9,18-19H2,1-2H3,(H,33,37)(H,34,39)/t30-,42+/m1/s1. The van der Waals surface area contributed by atoms with Crippen LogP contribution in [0.1, 0.15) is 66.9 Å². The van der Waals surface area contributed by atoms with Crippen LogP contribution in [0.3, 0.4) is 0 Å². The third-order valence-corrected chi connectivity index (χ3v) is 8.15. The lowest BCUT2D eigenvalue weighted by atomic mass is 9.95. The van der Waals surface area contributed by atoms with Crippen LogP contribution in [0.2, 0.25) is 0 Å². The van der Waals surface area contributed by atoms with E-state index in [9.17, 15) is 27.8 Å². The molecule has 1 aliphatic carbocycles. The van der Waals surface area contributed by atoms with E-state index in [1.807, 2.05) is 0 Å². The number of furan rings is 1. The highest BCUT2D eigenvalue weighted by Gasteiger charge is 2.37. The summed E-state index contributed by atoms with van der Waals surface area (Å²) in [7, 11) is -1.96. The number of carbonyl (C=O) groups is 4. The summed E-state index contributed by atoms with van der Waals surface area (Å²) in [6.07, 6.45) is 4.69. The third-order valence-electron chi connectivity index (χ3n) is 6.99. The van der Waals surface area contributed by atoms with E-state index in [1.165, 1.54) is 42.2 Å². The van der Waals surface area contributed by atoms with Crippen LogP contribution in [-0.2, 0) is 25.2 Å². The highest BCUT2D eigenvalue weighted by molar-refractivity contribution is 7.86. The van der Waals surface area contributed by atoms with Gasteiger partial charge in [-0.3, -0.25) is 28.3 Å². The molecule has 0 aliphatic heterocycles. The Morgan fingerprint density at radius 1 is 1.00 bits per heavy atom. The maximum absolute atomic E-state index is 13.9. The van der Waals surface area contributed by atoms with Gasteiger partial charge in [0.05, 0.1) is 0 Å². The molecule has 0 bridgehead atoms. The lowest BCUT2D eigenvalue weighted by Gasteiger charge is -2.32. The third kappa shape index (κ3) is 8.22. The molecule has 1 heterocycles. The number of hydrogen-bond donors (Lipinski definition) is 2. The molecule has 0 radical (unpaired) electrons. The Kier molecular flexibility index (Phi) is 10.4. The van der Waals surface area contributed by atoms with Crippen LogP contribution in [0.25, 0.3) is 0 Å². The summed E-state index contributed by atoms with van der Waals surface area (Å²) in [5.41, 5.74) is 0.894. The number of aryl methyl sites for hydroxylation is 1. The number of Topliss-reactive ketones (excluding diaryl/α,β-unsaturated/α-hetero) is 1. The maximum atomic E-state index is 13.9. The summed E-state index contributed by atoms with van der Waals surface area (Å²) in [6.45, 7) is 3.11. The lowest BCUT2D eigenvalue weighted by Crippen LogP contribution is -2.48. The number of ketones is 1. The van der Waals surface area contributed by atoms with Crippen LogP contribution >= 0.6 is 0 Å². The average molecular weight is 596 g/mol. The Balaban J connectivity index is 1.62. The van der Waals surface area contributed by atoms with Crippen molar-refractivity contribution in [3.63, 3.8) is 0 Å². The first-order chi connectivity index (χ1) is 20.1. The maximum Gasteiger partial charge on any atom is 0.251 e. The number of hydrogen-bond acceptors (Lipinski definition) is 6. The van der Waals surface area contributed by atoms with Gasteiger partial charge in [-0.15, -0.1) is 0 Å². The van der Waals surface area contributed by atoms with Crippen molar-refractivity contribution in [3.05, 3.63) is 83.6 Å². The molecule has 1 fully saturated rings. The number of nitrogens with zero attached hydrogens (tertiary/aromatic N) is 1. The summed E-state index contributed by atoms with van der Waals surface area (Å²) in [4.78, 5) is 53.6. The van der Waals surface area contributed by atoms with Gasteiger partial charge in [0.2, 0.25) is 11.8 Å². The molecule has 0 spiro atoms. The fraction of sp³-hybridized carbons (Fsp3) is 0.355. The van der Waals surface area contributed by atoms with E-state index in [1.54, 1.807) is 37.3 Å². The number of nitrogens with one attached hydrogen (secondary N) is 2. The van der Waals surface area contributed by atoms with Gasteiger partial charge in [-0.2, -0.15) is 0 Å². The van der Waals surface area contributed by atoms with Crippen LogP contribution in [-0.4, -0.2) is 45.3 Å². The number of halogens is 1. The molecular weight excluding hydrogens is 561 g/mol. The summed E-state index contributed by atoms with van der Waals surface area (Å²) in [6, 6.07) is 13.4. The molecule has 2 aromatic carbocycles. The van der Waals surface area contributed by atoms with Gasteiger partial charge in [0, 0.05) is 33.8 Å². The van der Waals surface area contributed by atoms with Crippen molar-refractivity contribution in [2.45, 2.75) is 58.0 Å². The quantitative estimate of drug-likeness (QED) is 0.306. The van der Waals surface area contributed by atoms with E-state index in [0.29, 0.717) is 17.0 Å². The zero-order valence-corrected chi connectivity index (χ0v) is 24.4. The molecule has 3 aromatic rings. The number of rotatable bonds is 11. The van der Waals surface area contributed by atoms with Crippen molar-refractivity contribution < 1.29 is 32.2 Å². The van der Waals surface area contributed by atoms with Gasteiger partial charge in [0.15, 0.2) is 11.8 Å². The van der Waals surface area contributed by atoms with E-state index in [4.69, 9.17) is 4.42 Å². The van der Waals surface area contributed by atoms with Gasteiger partial charge < -0.3 is 15.1 Å². The first-order valence-electron chi connectivity index (χ1n) is 13.8. The highest BCUT2D eigenvalue weighted by Crippen LogP contribution is 2.31. The molecule has 4 rings (SSSR count). The molecule has 0 saturated heterocycles. The van der Waals surface area contributed by atoms with Crippen molar-refractivity contribution in [1.82, 2.24) is 5.32 Å². The van der Waals surface area contributed by atoms with E-state index >= 15 is 0 Å². The van der Waals surface area contributed by atoms with Crippen molar-refractivity contribution >= 4 is 45.7 Å². The number of carbonyl (C=O) groups excluding carboxylic acids is 4. The van der Waals surface area contributed by atoms with Crippen LogP contribution in [0.15, 0.2) is 65.1 Å².